The third-order valence-corrected chi connectivity index (χ3v) is 5.37. The Kier molecular flexibility index (Phi) is 3.56. The third kappa shape index (κ3) is 2.06. The summed E-state index contributed by atoms with van der Waals surface area (Å²) in [5.41, 5.74) is -1.11. The van der Waals surface area contributed by atoms with Crippen LogP contribution < -0.4 is 0 Å². The van der Waals surface area contributed by atoms with Gasteiger partial charge in [0.15, 0.2) is 5.17 Å². The molecule has 0 bridgehead atoms. The molecule has 100 valence electrons. The Balaban J connectivity index is 1.84. The maximum atomic E-state index is 10.7. The van der Waals surface area contributed by atoms with Crippen molar-refractivity contribution in [3.05, 3.63) is 0 Å². The molecular weight excluding hydrogens is 270 g/mol. The molecular formula is C12H18ClN3OS. The molecule has 1 saturated carbocycles. The summed E-state index contributed by atoms with van der Waals surface area (Å²) in [7, 11) is 0. The predicted octanol–water partition coefficient (Wildman–Crippen LogP) is 2.06. The Hall–Kier alpha value is -0.260. The van der Waals surface area contributed by atoms with Crippen LogP contribution in [-0.2, 0) is 0 Å². The van der Waals surface area contributed by atoms with Gasteiger partial charge in [-0.15, -0.1) is 11.6 Å². The molecule has 2 aliphatic heterocycles. The molecule has 1 saturated heterocycles. The highest BCUT2D eigenvalue weighted by molar-refractivity contribution is 8.27. The molecule has 2 fully saturated rings. The lowest BCUT2D eigenvalue weighted by atomic mass is 9.96. The van der Waals surface area contributed by atoms with E-state index in [1.807, 2.05) is 4.90 Å². The van der Waals surface area contributed by atoms with Crippen LogP contribution >= 0.6 is 23.4 Å². The van der Waals surface area contributed by atoms with Crippen molar-refractivity contribution in [2.24, 2.45) is 9.98 Å². The van der Waals surface area contributed by atoms with Gasteiger partial charge in [-0.1, -0.05) is 19.3 Å². The highest BCUT2D eigenvalue weighted by atomic mass is 35.5. The van der Waals surface area contributed by atoms with Crippen molar-refractivity contribution in [2.45, 2.75) is 43.9 Å². The zero-order chi connectivity index (χ0) is 12.6. The lowest BCUT2D eigenvalue weighted by Crippen LogP contribution is -2.51. The minimum absolute atomic E-state index is 0.157. The fourth-order valence-corrected chi connectivity index (χ4v) is 4.35. The summed E-state index contributed by atoms with van der Waals surface area (Å²) in [4.78, 5) is 11.0. The van der Waals surface area contributed by atoms with E-state index in [1.54, 1.807) is 0 Å². The monoisotopic (exact) mass is 287 g/mol. The van der Waals surface area contributed by atoms with Gasteiger partial charge in [-0.2, -0.15) is 0 Å². The zero-order valence-corrected chi connectivity index (χ0v) is 11.9. The van der Waals surface area contributed by atoms with Gasteiger partial charge in [0.2, 0.25) is 5.72 Å². The summed E-state index contributed by atoms with van der Waals surface area (Å²) >= 11 is 7.49. The molecule has 0 amide bonds. The van der Waals surface area contributed by atoms with E-state index in [2.05, 4.69) is 4.99 Å². The van der Waals surface area contributed by atoms with E-state index < -0.39 is 5.72 Å². The average molecular weight is 288 g/mol. The van der Waals surface area contributed by atoms with Crippen molar-refractivity contribution in [1.29, 1.82) is 0 Å². The van der Waals surface area contributed by atoms with Crippen LogP contribution in [0.4, 0.5) is 0 Å². The van der Waals surface area contributed by atoms with Crippen molar-refractivity contribution in [3.8, 4) is 0 Å². The first kappa shape index (κ1) is 12.8. The number of aliphatic imine (C=N–C) groups is 2. The number of hydrogen-bond donors (Lipinski definition) is 1. The third-order valence-electron chi connectivity index (χ3n) is 3.84. The quantitative estimate of drug-likeness (QED) is 0.791. The van der Waals surface area contributed by atoms with Crippen LogP contribution in [0.3, 0.4) is 0 Å². The summed E-state index contributed by atoms with van der Waals surface area (Å²) in [6.45, 7) is 1.49. The first-order valence-electron chi connectivity index (χ1n) is 6.60. The first-order valence-corrected chi connectivity index (χ1v) is 7.96. The smallest absolute Gasteiger partial charge is 0.203 e. The summed E-state index contributed by atoms with van der Waals surface area (Å²) in [5, 5.41) is 12.4. The molecule has 3 aliphatic rings. The number of nitrogens with zero attached hydrogens (tertiary/aromatic N) is 3. The molecule has 3 rings (SSSR count). The molecule has 0 aromatic rings. The second-order valence-electron chi connectivity index (χ2n) is 5.09. The van der Waals surface area contributed by atoms with Crippen molar-refractivity contribution in [1.82, 2.24) is 4.90 Å². The number of hydrogen-bond acceptors (Lipinski definition) is 5. The Morgan fingerprint density at radius 1 is 1.44 bits per heavy atom. The molecule has 1 N–H and O–H groups in total. The Morgan fingerprint density at radius 3 is 2.94 bits per heavy atom. The van der Waals surface area contributed by atoms with Gasteiger partial charge in [-0.25, -0.2) is 0 Å². The van der Waals surface area contributed by atoms with Crippen molar-refractivity contribution < 1.29 is 5.11 Å². The number of amidine groups is 1. The van der Waals surface area contributed by atoms with Gasteiger partial charge < -0.3 is 10.0 Å². The molecule has 1 atom stereocenters. The van der Waals surface area contributed by atoms with Gasteiger partial charge >= 0.3 is 0 Å². The summed E-state index contributed by atoms with van der Waals surface area (Å²) in [5.74, 6) is 0.157. The molecule has 1 aliphatic carbocycles. The summed E-state index contributed by atoms with van der Waals surface area (Å²) in [6.07, 6.45) is 6.07. The molecule has 1 unspecified atom stereocenters. The van der Waals surface area contributed by atoms with Crippen molar-refractivity contribution >= 4 is 33.6 Å². The van der Waals surface area contributed by atoms with E-state index in [9.17, 15) is 5.11 Å². The summed E-state index contributed by atoms with van der Waals surface area (Å²) < 4.78 is 0. The van der Waals surface area contributed by atoms with E-state index in [0.29, 0.717) is 6.04 Å². The molecule has 0 spiro atoms. The van der Waals surface area contributed by atoms with Gasteiger partial charge in [0.1, 0.15) is 5.04 Å². The van der Waals surface area contributed by atoms with Gasteiger partial charge in [0, 0.05) is 6.54 Å². The Labute approximate surface area is 117 Å². The van der Waals surface area contributed by atoms with Crippen LogP contribution in [0.5, 0.6) is 0 Å². The summed E-state index contributed by atoms with van der Waals surface area (Å²) in [6, 6.07) is 0.358. The minimum atomic E-state index is -1.11. The van der Waals surface area contributed by atoms with Crippen molar-refractivity contribution in [3.63, 3.8) is 0 Å². The zero-order valence-electron chi connectivity index (χ0n) is 10.3. The maximum Gasteiger partial charge on any atom is 0.203 e. The van der Waals surface area contributed by atoms with Crippen LogP contribution in [-0.4, -0.2) is 51.0 Å². The van der Waals surface area contributed by atoms with Crippen LogP contribution in [0.25, 0.3) is 0 Å². The number of alkyl halides is 1. The van der Waals surface area contributed by atoms with Gasteiger partial charge in [-0.05, 0) is 24.6 Å². The largest absolute Gasteiger partial charge is 0.364 e. The van der Waals surface area contributed by atoms with E-state index >= 15 is 0 Å². The van der Waals surface area contributed by atoms with Gasteiger partial charge in [0.25, 0.3) is 0 Å². The second-order valence-corrected chi connectivity index (χ2v) is 6.32. The van der Waals surface area contributed by atoms with Crippen LogP contribution in [0, 0.1) is 0 Å². The number of rotatable bonds is 2. The maximum absolute atomic E-state index is 10.7. The Bertz CT molecular complexity index is 395. The molecule has 6 heteroatoms. The number of thioether (sulfide) groups is 1. The van der Waals surface area contributed by atoms with E-state index in [-0.39, 0.29) is 5.88 Å². The SMILES string of the molecule is OC1(CCl)C(=NC2CCCCC2)SC2=NCCN21. The fraction of sp³-hybridized carbons (Fsp3) is 0.833. The highest BCUT2D eigenvalue weighted by Crippen LogP contribution is 2.38. The van der Waals surface area contributed by atoms with E-state index in [4.69, 9.17) is 16.6 Å². The molecule has 0 aromatic carbocycles. The predicted molar refractivity (Wildman–Crippen MR) is 76.6 cm³/mol. The second kappa shape index (κ2) is 5.02. The topological polar surface area (TPSA) is 48.2 Å². The molecule has 4 nitrogen and oxygen atoms in total. The lowest BCUT2D eigenvalue weighted by molar-refractivity contribution is 0.0287. The number of halogens is 1. The van der Waals surface area contributed by atoms with E-state index in [0.717, 1.165) is 36.1 Å². The van der Waals surface area contributed by atoms with Gasteiger partial charge in [-0.3, -0.25) is 9.98 Å². The first-order chi connectivity index (χ1) is 8.74. The van der Waals surface area contributed by atoms with Crippen LogP contribution in [0.1, 0.15) is 32.1 Å². The molecule has 0 radical (unpaired) electrons. The van der Waals surface area contributed by atoms with Crippen LogP contribution in [0.15, 0.2) is 9.98 Å². The highest BCUT2D eigenvalue weighted by Gasteiger charge is 2.50. The van der Waals surface area contributed by atoms with E-state index in [1.165, 1.54) is 31.0 Å². The lowest BCUT2D eigenvalue weighted by Gasteiger charge is -2.30. The molecule has 0 aromatic heterocycles. The fourth-order valence-electron chi connectivity index (χ4n) is 2.78. The molecule has 2 heterocycles. The molecule has 18 heavy (non-hydrogen) atoms. The number of fused-ring (bicyclic) bond motifs is 1. The Morgan fingerprint density at radius 2 is 2.22 bits per heavy atom. The minimum Gasteiger partial charge on any atom is -0.364 e. The van der Waals surface area contributed by atoms with Gasteiger partial charge in [0.05, 0.1) is 18.5 Å². The van der Waals surface area contributed by atoms with Crippen LogP contribution in [0.2, 0.25) is 0 Å². The normalized spacial score (nSPS) is 35.1. The average Bonchev–Trinajstić information content (AvgIpc) is 2.95. The standard InChI is InChI=1S/C12H18ClN3OS/c13-8-12(17)10(15-9-4-2-1-3-5-9)18-11-14-6-7-16(11)12/h9,17H,1-8H2. The number of aliphatic hydroxyl groups is 1. The van der Waals surface area contributed by atoms with Crippen molar-refractivity contribution in [2.75, 3.05) is 19.0 Å².